The second-order valence-corrected chi connectivity index (χ2v) is 4.58. The first kappa shape index (κ1) is 14.1. The Balaban J connectivity index is 2.26. The van der Waals surface area contributed by atoms with Gasteiger partial charge in [0.2, 0.25) is 0 Å². The summed E-state index contributed by atoms with van der Waals surface area (Å²) < 4.78 is 41.3. The number of hydrogen-bond donors (Lipinski definition) is 1. The molecule has 1 aromatic carbocycles. The fourth-order valence-electron chi connectivity index (χ4n) is 2.50. The summed E-state index contributed by atoms with van der Waals surface area (Å²) in [4.78, 5) is 2.11. The number of alkyl halides is 3. The number of halogens is 3. The molecule has 0 radical (unpaired) electrons. The molecule has 1 saturated heterocycles. The standard InChI is InChI=1S/C13H17F3N2O/c14-13(15,16)19-12-6-2-1-5-10(12)11(9-17)18-7-3-4-8-18/h1-2,5-6,11H,3-4,7-9,17H2/t11-/m0/s1. The zero-order chi connectivity index (χ0) is 13.9. The lowest BCUT2D eigenvalue weighted by Crippen LogP contribution is -2.32. The molecule has 0 bridgehead atoms. The maximum Gasteiger partial charge on any atom is 0.573 e. The molecule has 6 heteroatoms. The zero-order valence-corrected chi connectivity index (χ0v) is 10.5. The van der Waals surface area contributed by atoms with E-state index < -0.39 is 6.36 Å². The number of likely N-dealkylation sites (tertiary alicyclic amines) is 1. The van der Waals surface area contributed by atoms with Gasteiger partial charge in [-0.3, -0.25) is 4.90 Å². The fraction of sp³-hybridized carbons (Fsp3) is 0.538. The molecule has 0 aliphatic carbocycles. The first-order valence-corrected chi connectivity index (χ1v) is 6.30. The van der Waals surface area contributed by atoms with Gasteiger partial charge in [0.15, 0.2) is 0 Å². The van der Waals surface area contributed by atoms with Crippen molar-refractivity contribution in [2.45, 2.75) is 25.2 Å². The molecule has 2 N–H and O–H groups in total. The molecule has 0 spiro atoms. The van der Waals surface area contributed by atoms with Crippen molar-refractivity contribution < 1.29 is 17.9 Å². The number of para-hydroxylation sites is 1. The summed E-state index contributed by atoms with van der Waals surface area (Å²) in [5.41, 5.74) is 6.24. The monoisotopic (exact) mass is 274 g/mol. The Bertz CT molecular complexity index is 417. The molecule has 2 rings (SSSR count). The van der Waals surface area contributed by atoms with Gasteiger partial charge in [-0.25, -0.2) is 0 Å². The van der Waals surface area contributed by atoms with Crippen molar-refractivity contribution in [2.24, 2.45) is 5.73 Å². The average Bonchev–Trinajstić information content (AvgIpc) is 2.84. The second kappa shape index (κ2) is 5.79. The normalized spacial score (nSPS) is 18.5. The Morgan fingerprint density at radius 2 is 1.84 bits per heavy atom. The quantitative estimate of drug-likeness (QED) is 0.917. The number of nitrogens with zero attached hydrogens (tertiary/aromatic N) is 1. The van der Waals surface area contributed by atoms with Crippen LogP contribution in [0.5, 0.6) is 5.75 Å². The van der Waals surface area contributed by atoms with E-state index in [4.69, 9.17) is 5.73 Å². The first-order chi connectivity index (χ1) is 9.01. The van der Waals surface area contributed by atoms with Crippen molar-refractivity contribution in [1.82, 2.24) is 4.90 Å². The highest BCUT2D eigenvalue weighted by Gasteiger charge is 2.33. The van der Waals surface area contributed by atoms with Crippen LogP contribution in [0.1, 0.15) is 24.4 Å². The summed E-state index contributed by atoms with van der Waals surface area (Å²) in [7, 11) is 0. The summed E-state index contributed by atoms with van der Waals surface area (Å²) in [5, 5.41) is 0. The third kappa shape index (κ3) is 3.61. The van der Waals surface area contributed by atoms with E-state index in [0.717, 1.165) is 25.9 Å². The van der Waals surface area contributed by atoms with E-state index in [-0.39, 0.29) is 18.3 Å². The van der Waals surface area contributed by atoms with Gasteiger partial charge in [0.1, 0.15) is 5.75 Å². The largest absolute Gasteiger partial charge is 0.573 e. The van der Waals surface area contributed by atoms with E-state index in [1.807, 2.05) is 0 Å². The molecular weight excluding hydrogens is 257 g/mol. The predicted molar refractivity (Wildman–Crippen MR) is 65.7 cm³/mol. The van der Waals surface area contributed by atoms with Crippen LogP contribution in [-0.4, -0.2) is 30.9 Å². The van der Waals surface area contributed by atoms with Crippen molar-refractivity contribution >= 4 is 0 Å². The van der Waals surface area contributed by atoms with Gasteiger partial charge >= 0.3 is 6.36 Å². The van der Waals surface area contributed by atoms with E-state index in [9.17, 15) is 13.2 Å². The number of benzene rings is 1. The molecule has 0 aromatic heterocycles. The van der Waals surface area contributed by atoms with Gasteiger partial charge in [0, 0.05) is 12.1 Å². The van der Waals surface area contributed by atoms with Crippen LogP contribution >= 0.6 is 0 Å². The number of rotatable bonds is 4. The van der Waals surface area contributed by atoms with Crippen LogP contribution < -0.4 is 10.5 Å². The van der Waals surface area contributed by atoms with Gasteiger partial charge in [-0.15, -0.1) is 13.2 Å². The van der Waals surface area contributed by atoms with Crippen molar-refractivity contribution in [3.8, 4) is 5.75 Å². The summed E-state index contributed by atoms with van der Waals surface area (Å²) in [6, 6.07) is 6.00. The predicted octanol–water partition coefficient (Wildman–Crippen LogP) is 2.68. The minimum absolute atomic E-state index is 0.155. The number of ether oxygens (including phenoxy) is 1. The maximum absolute atomic E-state index is 12.4. The van der Waals surface area contributed by atoms with Gasteiger partial charge in [0.25, 0.3) is 0 Å². The van der Waals surface area contributed by atoms with Crippen LogP contribution in [0.15, 0.2) is 24.3 Å². The lowest BCUT2D eigenvalue weighted by Gasteiger charge is -2.28. The van der Waals surface area contributed by atoms with Gasteiger partial charge in [-0.2, -0.15) is 0 Å². The van der Waals surface area contributed by atoms with Crippen molar-refractivity contribution in [3.63, 3.8) is 0 Å². The van der Waals surface area contributed by atoms with E-state index in [1.54, 1.807) is 12.1 Å². The molecule has 0 unspecified atom stereocenters. The van der Waals surface area contributed by atoms with E-state index in [2.05, 4.69) is 9.64 Å². The molecule has 106 valence electrons. The van der Waals surface area contributed by atoms with Crippen molar-refractivity contribution in [3.05, 3.63) is 29.8 Å². The van der Waals surface area contributed by atoms with E-state index >= 15 is 0 Å². The van der Waals surface area contributed by atoms with Gasteiger partial charge < -0.3 is 10.5 Å². The smallest absolute Gasteiger partial charge is 0.405 e. The van der Waals surface area contributed by atoms with Crippen molar-refractivity contribution in [2.75, 3.05) is 19.6 Å². The third-order valence-corrected chi connectivity index (χ3v) is 3.31. The molecule has 1 aliphatic rings. The Morgan fingerprint density at radius 3 is 2.42 bits per heavy atom. The van der Waals surface area contributed by atoms with Crippen LogP contribution in [0.25, 0.3) is 0 Å². The highest BCUT2D eigenvalue weighted by Crippen LogP contribution is 2.33. The summed E-state index contributed by atoms with van der Waals surface area (Å²) in [5.74, 6) is -0.155. The van der Waals surface area contributed by atoms with E-state index in [1.165, 1.54) is 12.1 Å². The molecule has 1 heterocycles. The van der Waals surface area contributed by atoms with Crippen LogP contribution in [0, 0.1) is 0 Å². The van der Waals surface area contributed by atoms with Crippen LogP contribution in [0.3, 0.4) is 0 Å². The van der Waals surface area contributed by atoms with E-state index in [0.29, 0.717) is 5.56 Å². The van der Waals surface area contributed by atoms with Crippen molar-refractivity contribution in [1.29, 1.82) is 0 Å². The summed E-state index contributed by atoms with van der Waals surface area (Å²) >= 11 is 0. The minimum atomic E-state index is -4.68. The molecule has 19 heavy (non-hydrogen) atoms. The number of hydrogen-bond acceptors (Lipinski definition) is 3. The minimum Gasteiger partial charge on any atom is -0.405 e. The molecule has 1 aliphatic heterocycles. The van der Waals surface area contributed by atoms with Crippen LogP contribution in [-0.2, 0) is 0 Å². The first-order valence-electron chi connectivity index (χ1n) is 6.30. The van der Waals surface area contributed by atoms with Gasteiger partial charge in [-0.1, -0.05) is 18.2 Å². The van der Waals surface area contributed by atoms with Crippen LogP contribution in [0.4, 0.5) is 13.2 Å². The lowest BCUT2D eigenvalue weighted by atomic mass is 10.0. The molecule has 1 fully saturated rings. The molecule has 0 saturated carbocycles. The Labute approximate surface area is 110 Å². The fourth-order valence-corrected chi connectivity index (χ4v) is 2.50. The average molecular weight is 274 g/mol. The highest BCUT2D eigenvalue weighted by molar-refractivity contribution is 5.36. The maximum atomic E-state index is 12.4. The highest BCUT2D eigenvalue weighted by atomic mass is 19.4. The zero-order valence-electron chi connectivity index (χ0n) is 10.5. The molecule has 1 aromatic rings. The molecule has 0 amide bonds. The SMILES string of the molecule is NC[C@@H](c1ccccc1OC(F)(F)F)N1CCCC1. The lowest BCUT2D eigenvalue weighted by molar-refractivity contribution is -0.275. The Kier molecular flexibility index (Phi) is 4.31. The summed E-state index contributed by atoms with van der Waals surface area (Å²) in [6.45, 7) is 2.00. The van der Waals surface area contributed by atoms with Gasteiger partial charge in [-0.05, 0) is 32.0 Å². The summed E-state index contributed by atoms with van der Waals surface area (Å²) in [6.07, 6.45) is -2.57. The Morgan fingerprint density at radius 1 is 1.21 bits per heavy atom. The Hall–Kier alpha value is -1.27. The third-order valence-electron chi connectivity index (χ3n) is 3.31. The molecule has 3 nitrogen and oxygen atoms in total. The van der Waals surface area contributed by atoms with Crippen LogP contribution in [0.2, 0.25) is 0 Å². The molecular formula is C13H17F3N2O. The topological polar surface area (TPSA) is 38.5 Å². The number of nitrogens with two attached hydrogens (primary N) is 1. The molecule has 1 atom stereocenters. The van der Waals surface area contributed by atoms with Gasteiger partial charge in [0.05, 0.1) is 6.04 Å². The second-order valence-electron chi connectivity index (χ2n) is 4.58.